The van der Waals surface area contributed by atoms with Crippen molar-refractivity contribution in [2.45, 2.75) is 70.1 Å². The summed E-state index contributed by atoms with van der Waals surface area (Å²) in [5.41, 5.74) is 0.838. The van der Waals surface area contributed by atoms with Gasteiger partial charge in [-0.05, 0) is 62.1 Å². The number of rotatable bonds is 8. The first-order chi connectivity index (χ1) is 17.5. The molecule has 1 aliphatic rings. The minimum atomic E-state index is -3.73. The minimum absolute atomic E-state index is 0.123. The number of hydrogen-bond donors (Lipinski definition) is 1. The van der Waals surface area contributed by atoms with E-state index in [2.05, 4.69) is 0 Å². The Bertz CT molecular complexity index is 1310. The predicted octanol–water partition coefficient (Wildman–Crippen LogP) is 5.85. The van der Waals surface area contributed by atoms with Crippen molar-refractivity contribution in [3.63, 3.8) is 0 Å². The third kappa shape index (κ3) is 6.50. The molecule has 3 rings (SSSR count). The molecule has 0 radical (unpaired) electrons. The third-order valence-electron chi connectivity index (χ3n) is 6.70. The Hall–Kier alpha value is -2.20. The van der Waals surface area contributed by atoms with Crippen molar-refractivity contribution in [2.75, 3.05) is 5.75 Å². The summed E-state index contributed by atoms with van der Waals surface area (Å²) in [5, 5.41) is 9.78. The zero-order valence-corrected chi connectivity index (χ0v) is 24.1. The summed E-state index contributed by atoms with van der Waals surface area (Å²) in [4.78, 5) is 27.0. The van der Waals surface area contributed by atoms with Crippen LogP contribution in [0.1, 0.15) is 64.3 Å². The van der Waals surface area contributed by atoms with Gasteiger partial charge in [0.05, 0.1) is 28.0 Å². The van der Waals surface area contributed by atoms with Crippen LogP contribution in [0, 0.1) is 11.7 Å². The number of aliphatic carboxylic acids is 1. The lowest BCUT2D eigenvalue weighted by molar-refractivity contribution is -0.184. The van der Waals surface area contributed by atoms with E-state index in [0.717, 1.165) is 0 Å². The summed E-state index contributed by atoms with van der Waals surface area (Å²) >= 11 is 12.2. The molecule has 1 fully saturated rings. The number of benzene rings is 2. The van der Waals surface area contributed by atoms with Gasteiger partial charge in [0, 0.05) is 11.1 Å². The van der Waals surface area contributed by atoms with Gasteiger partial charge in [0.1, 0.15) is 18.0 Å². The molecule has 2 aromatic carbocycles. The lowest BCUT2D eigenvalue weighted by Crippen LogP contribution is -2.58. The highest BCUT2D eigenvalue weighted by Gasteiger charge is 2.49. The van der Waals surface area contributed by atoms with Crippen molar-refractivity contribution in [1.82, 2.24) is 4.90 Å². The van der Waals surface area contributed by atoms with E-state index in [1.165, 1.54) is 17.0 Å². The van der Waals surface area contributed by atoms with Crippen LogP contribution in [0.15, 0.2) is 42.5 Å². The molecule has 0 spiro atoms. The number of halogens is 3. The van der Waals surface area contributed by atoms with Crippen molar-refractivity contribution < 1.29 is 32.2 Å². The summed E-state index contributed by atoms with van der Waals surface area (Å²) in [5.74, 6) is -3.41. The second-order valence-electron chi connectivity index (χ2n) is 10.8. The number of carbonyl (C=O) groups excluding carboxylic acids is 1. The van der Waals surface area contributed by atoms with Crippen molar-refractivity contribution in [2.24, 2.45) is 5.92 Å². The molecule has 1 heterocycles. The first-order valence-corrected chi connectivity index (χ1v) is 14.6. The molecule has 38 heavy (non-hydrogen) atoms. The Morgan fingerprint density at radius 2 is 1.79 bits per heavy atom. The fraction of sp³-hybridized carbons (Fsp3) is 0.481. The Balaban J connectivity index is 2.29. The number of ether oxygens (including phenoxy) is 1. The molecule has 1 saturated heterocycles. The average molecular weight is 589 g/mol. The van der Waals surface area contributed by atoms with E-state index in [1.54, 1.807) is 65.0 Å². The second kappa shape index (κ2) is 11.5. The Morgan fingerprint density at radius 3 is 2.32 bits per heavy atom. The highest BCUT2D eigenvalue weighted by molar-refractivity contribution is 7.92. The zero-order valence-electron chi connectivity index (χ0n) is 21.8. The number of morpholine rings is 1. The monoisotopic (exact) mass is 587 g/mol. The summed E-state index contributed by atoms with van der Waals surface area (Å²) in [7, 11) is -3.73. The van der Waals surface area contributed by atoms with Crippen LogP contribution < -0.4 is 0 Å². The van der Waals surface area contributed by atoms with Crippen molar-refractivity contribution >= 4 is 44.9 Å². The van der Waals surface area contributed by atoms with Gasteiger partial charge < -0.3 is 14.7 Å². The number of amides is 1. The lowest BCUT2D eigenvalue weighted by atomic mass is 9.88. The molecule has 1 amide bonds. The van der Waals surface area contributed by atoms with Gasteiger partial charge in [0.2, 0.25) is 0 Å². The number of carboxylic acid groups (broad SMARTS) is 1. The highest BCUT2D eigenvalue weighted by atomic mass is 35.5. The van der Waals surface area contributed by atoms with E-state index in [1.807, 2.05) is 0 Å². The molecule has 1 N–H and O–H groups in total. The Kier molecular flexibility index (Phi) is 9.18. The molecule has 1 aliphatic heterocycles. The smallest absolute Gasteiger partial charge is 0.306 e. The Labute approximate surface area is 232 Å². The fourth-order valence-corrected chi connectivity index (χ4v) is 6.28. The molecule has 7 nitrogen and oxygen atoms in total. The van der Waals surface area contributed by atoms with Crippen LogP contribution in [0.25, 0.3) is 0 Å². The van der Waals surface area contributed by atoms with E-state index in [4.69, 9.17) is 27.9 Å². The summed E-state index contributed by atoms with van der Waals surface area (Å²) in [6, 6.07) is 8.85. The van der Waals surface area contributed by atoms with E-state index in [0.29, 0.717) is 16.1 Å². The SMILES string of the molecule is CC(C)C(CS(=O)(=O)C(C)(C)C)N1C(=O)C(CC(=O)O)OC(c2cccc(Cl)c2)C1c1ccc(Cl)c(F)c1. The standard InChI is InChI=1S/C27H32Cl2FNO6S/c1-15(2)21(14-38(35,36)27(3,4)5)31-24(16-9-10-19(29)20(30)12-16)25(17-7-6-8-18(28)11-17)37-22(26(31)34)13-23(32)33/h6-12,15,21-22,24-25H,13-14H2,1-5H3,(H,32,33). The quantitative estimate of drug-likeness (QED) is 0.415. The number of nitrogens with zero attached hydrogens (tertiary/aromatic N) is 1. The van der Waals surface area contributed by atoms with Crippen LogP contribution >= 0.6 is 23.2 Å². The maximum atomic E-state index is 14.7. The number of carboxylic acids is 1. The largest absolute Gasteiger partial charge is 0.481 e. The van der Waals surface area contributed by atoms with Gasteiger partial charge in [0.15, 0.2) is 9.84 Å². The van der Waals surface area contributed by atoms with Crippen molar-refractivity contribution in [1.29, 1.82) is 0 Å². The molecular formula is C27H32Cl2FNO6S. The van der Waals surface area contributed by atoms with Gasteiger partial charge >= 0.3 is 5.97 Å². The molecule has 0 aromatic heterocycles. The summed E-state index contributed by atoms with van der Waals surface area (Å²) in [6.07, 6.45) is -3.01. The van der Waals surface area contributed by atoms with Crippen LogP contribution in [-0.4, -0.2) is 52.9 Å². The topological polar surface area (TPSA) is 101 Å². The third-order valence-corrected chi connectivity index (χ3v) is 9.89. The van der Waals surface area contributed by atoms with Gasteiger partial charge in [-0.2, -0.15) is 0 Å². The van der Waals surface area contributed by atoms with Crippen molar-refractivity contribution in [3.8, 4) is 0 Å². The maximum Gasteiger partial charge on any atom is 0.306 e. The van der Waals surface area contributed by atoms with E-state index >= 15 is 0 Å². The fourth-order valence-electron chi connectivity index (χ4n) is 4.47. The number of sulfone groups is 1. The van der Waals surface area contributed by atoms with Crippen LogP contribution in [0.5, 0.6) is 0 Å². The Morgan fingerprint density at radius 1 is 1.13 bits per heavy atom. The molecule has 0 saturated carbocycles. The molecule has 0 aliphatic carbocycles. The van der Waals surface area contributed by atoms with Gasteiger partial charge in [-0.15, -0.1) is 0 Å². The first kappa shape index (κ1) is 30.3. The van der Waals surface area contributed by atoms with E-state index < -0.39 is 63.0 Å². The normalized spacial score (nSPS) is 21.6. The molecular weight excluding hydrogens is 556 g/mol. The lowest BCUT2D eigenvalue weighted by Gasteiger charge is -2.49. The second-order valence-corrected chi connectivity index (χ2v) is 14.4. The minimum Gasteiger partial charge on any atom is -0.481 e. The summed E-state index contributed by atoms with van der Waals surface area (Å²) in [6.45, 7) is 8.30. The van der Waals surface area contributed by atoms with Crippen molar-refractivity contribution in [3.05, 3.63) is 69.5 Å². The van der Waals surface area contributed by atoms with Crippen LogP contribution in [0.3, 0.4) is 0 Å². The van der Waals surface area contributed by atoms with Crippen LogP contribution in [-0.2, 0) is 24.2 Å². The van der Waals surface area contributed by atoms with Gasteiger partial charge in [-0.3, -0.25) is 9.59 Å². The zero-order chi connectivity index (χ0) is 28.6. The molecule has 208 valence electrons. The number of hydrogen-bond acceptors (Lipinski definition) is 5. The molecule has 11 heteroatoms. The van der Waals surface area contributed by atoms with E-state index in [9.17, 15) is 27.5 Å². The average Bonchev–Trinajstić information content (AvgIpc) is 2.79. The van der Waals surface area contributed by atoms with Crippen LogP contribution in [0.4, 0.5) is 4.39 Å². The van der Waals surface area contributed by atoms with Gasteiger partial charge in [-0.1, -0.05) is 55.2 Å². The first-order valence-electron chi connectivity index (χ1n) is 12.2. The molecule has 4 unspecified atom stereocenters. The molecule has 4 atom stereocenters. The van der Waals surface area contributed by atoms with Gasteiger partial charge in [-0.25, -0.2) is 12.8 Å². The highest BCUT2D eigenvalue weighted by Crippen LogP contribution is 2.45. The van der Waals surface area contributed by atoms with E-state index in [-0.39, 0.29) is 16.7 Å². The van der Waals surface area contributed by atoms with Gasteiger partial charge in [0.25, 0.3) is 5.91 Å². The molecule has 0 bridgehead atoms. The van der Waals surface area contributed by atoms with Crippen LogP contribution in [0.2, 0.25) is 10.0 Å². The maximum absolute atomic E-state index is 14.7. The predicted molar refractivity (Wildman–Crippen MR) is 144 cm³/mol. The number of carbonyl (C=O) groups is 2. The molecule has 2 aromatic rings. The summed E-state index contributed by atoms with van der Waals surface area (Å²) < 4.78 is 46.4.